The van der Waals surface area contributed by atoms with Crippen LogP contribution in [-0.4, -0.2) is 57.6 Å². The summed E-state index contributed by atoms with van der Waals surface area (Å²) < 4.78 is 31.3. The summed E-state index contributed by atoms with van der Waals surface area (Å²) in [6, 6.07) is 8.89. The molecule has 0 heterocycles. The number of anilines is 1. The first-order valence-corrected chi connectivity index (χ1v) is 14.7. The third-order valence-corrected chi connectivity index (χ3v) is 7.88. The number of methoxy groups -OCH3 is 1. The number of nitrogens with zero attached hydrogens (tertiary/aromatic N) is 2. The molecule has 2 aromatic carbocycles. The van der Waals surface area contributed by atoms with Gasteiger partial charge < -0.3 is 15.0 Å². The van der Waals surface area contributed by atoms with Gasteiger partial charge in [0.15, 0.2) is 0 Å². The number of halogens is 3. The third kappa shape index (κ3) is 8.67. The number of amides is 2. The van der Waals surface area contributed by atoms with Crippen LogP contribution >= 0.6 is 34.8 Å². The van der Waals surface area contributed by atoms with Crippen molar-refractivity contribution in [2.24, 2.45) is 0 Å². The molecule has 2 aromatic rings. The normalized spacial score (nSPS) is 12.1. The zero-order valence-corrected chi connectivity index (χ0v) is 24.3. The molecule has 1 atom stereocenters. The van der Waals surface area contributed by atoms with E-state index in [0.717, 1.165) is 12.7 Å². The minimum absolute atomic E-state index is 0.0105. The Morgan fingerprint density at radius 3 is 2.27 bits per heavy atom. The molecule has 37 heavy (non-hydrogen) atoms. The van der Waals surface area contributed by atoms with Gasteiger partial charge in [-0.15, -0.1) is 0 Å². The summed E-state index contributed by atoms with van der Waals surface area (Å²) in [6.45, 7) is 4.11. The molecule has 0 spiro atoms. The molecule has 204 valence electrons. The van der Waals surface area contributed by atoms with Crippen LogP contribution in [0.5, 0.6) is 5.75 Å². The van der Waals surface area contributed by atoms with Gasteiger partial charge in [0.25, 0.3) is 0 Å². The zero-order valence-electron chi connectivity index (χ0n) is 21.3. The molecule has 1 N–H and O–H groups in total. The van der Waals surface area contributed by atoms with Crippen LogP contribution in [0.1, 0.15) is 38.7 Å². The Labute approximate surface area is 233 Å². The molecular formula is C25H32Cl3N3O5S. The van der Waals surface area contributed by atoms with Crippen LogP contribution in [0.4, 0.5) is 5.69 Å². The van der Waals surface area contributed by atoms with Crippen molar-refractivity contribution in [1.82, 2.24) is 10.2 Å². The summed E-state index contributed by atoms with van der Waals surface area (Å²) in [5.74, 6) is -0.223. The zero-order chi connectivity index (χ0) is 27.8. The van der Waals surface area contributed by atoms with Crippen molar-refractivity contribution >= 4 is 62.3 Å². The SMILES string of the molecule is CCCNC(=O)[C@H](C)N(Cc1c(Cl)cccc1Cl)C(=O)CCCN(c1ccc(OC)c(Cl)c1)S(C)(=O)=O. The fourth-order valence-electron chi connectivity index (χ4n) is 3.65. The van der Waals surface area contributed by atoms with Crippen molar-refractivity contribution in [2.45, 2.75) is 45.7 Å². The second kappa shape index (κ2) is 14.1. The first-order valence-electron chi connectivity index (χ1n) is 11.7. The molecule has 0 aromatic heterocycles. The quantitative estimate of drug-likeness (QED) is 0.347. The van der Waals surface area contributed by atoms with Gasteiger partial charge in [0.1, 0.15) is 11.8 Å². The lowest BCUT2D eigenvalue weighted by molar-refractivity contribution is -0.140. The monoisotopic (exact) mass is 591 g/mol. The molecule has 2 amide bonds. The molecule has 0 aliphatic carbocycles. The van der Waals surface area contributed by atoms with Gasteiger partial charge in [-0.2, -0.15) is 0 Å². The van der Waals surface area contributed by atoms with E-state index in [9.17, 15) is 18.0 Å². The van der Waals surface area contributed by atoms with Gasteiger partial charge in [-0.3, -0.25) is 13.9 Å². The summed E-state index contributed by atoms with van der Waals surface area (Å²) in [5.41, 5.74) is 0.882. The van der Waals surface area contributed by atoms with E-state index < -0.39 is 16.1 Å². The molecule has 0 bridgehead atoms. The number of rotatable bonds is 13. The highest BCUT2D eigenvalue weighted by Crippen LogP contribution is 2.31. The van der Waals surface area contributed by atoms with Crippen LogP contribution < -0.4 is 14.4 Å². The Morgan fingerprint density at radius 2 is 1.73 bits per heavy atom. The smallest absolute Gasteiger partial charge is 0.242 e. The summed E-state index contributed by atoms with van der Waals surface area (Å²) in [7, 11) is -2.20. The Bertz CT molecular complexity index is 1190. The van der Waals surface area contributed by atoms with E-state index in [1.807, 2.05) is 6.92 Å². The molecule has 2 rings (SSSR count). The van der Waals surface area contributed by atoms with E-state index in [2.05, 4.69) is 5.32 Å². The second-order valence-electron chi connectivity index (χ2n) is 8.45. The predicted molar refractivity (Wildman–Crippen MR) is 149 cm³/mol. The highest BCUT2D eigenvalue weighted by atomic mass is 35.5. The standard InChI is InChI=1S/C25H32Cl3N3O5S/c1-5-13-29-25(33)17(2)30(16-19-20(26)8-6-9-21(19)27)24(32)10-7-14-31(37(4,34)35)18-11-12-23(36-3)22(28)15-18/h6,8-9,11-12,15,17H,5,7,10,13-14,16H2,1-4H3,(H,29,33)/t17-/m0/s1. The summed E-state index contributed by atoms with van der Waals surface area (Å²) in [5, 5.41) is 3.83. The van der Waals surface area contributed by atoms with Crippen LogP contribution in [-0.2, 0) is 26.2 Å². The van der Waals surface area contributed by atoms with Crippen molar-refractivity contribution < 1.29 is 22.7 Å². The Hall–Kier alpha value is -2.20. The van der Waals surface area contributed by atoms with E-state index in [0.29, 0.717) is 33.6 Å². The van der Waals surface area contributed by atoms with Gasteiger partial charge >= 0.3 is 0 Å². The number of sulfonamides is 1. The van der Waals surface area contributed by atoms with Gasteiger partial charge in [0.05, 0.1) is 24.1 Å². The second-order valence-corrected chi connectivity index (χ2v) is 11.6. The van der Waals surface area contributed by atoms with Crippen LogP contribution in [0.3, 0.4) is 0 Å². The van der Waals surface area contributed by atoms with Crippen molar-refractivity contribution in [3.05, 3.63) is 57.0 Å². The number of ether oxygens (including phenoxy) is 1. The highest BCUT2D eigenvalue weighted by molar-refractivity contribution is 7.92. The minimum Gasteiger partial charge on any atom is -0.495 e. The lowest BCUT2D eigenvalue weighted by Crippen LogP contribution is -2.48. The molecule has 0 saturated carbocycles. The van der Waals surface area contributed by atoms with E-state index in [-0.39, 0.29) is 42.8 Å². The van der Waals surface area contributed by atoms with Gasteiger partial charge in [-0.25, -0.2) is 8.42 Å². The first kappa shape index (κ1) is 31.0. The number of nitrogens with one attached hydrogen (secondary N) is 1. The molecule has 8 nitrogen and oxygen atoms in total. The maximum atomic E-state index is 13.3. The average Bonchev–Trinajstić information content (AvgIpc) is 2.83. The van der Waals surface area contributed by atoms with Crippen molar-refractivity contribution in [1.29, 1.82) is 0 Å². The fourth-order valence-corrected chi connectivity index (χ4v) is 5.37. The maximum absolute atomic E-state index is 13.3. The van der Waals surface area contributed by atoms with Crippen molar-refractivity contribution in [3.8, 4) is 5.75 Å². The third-order valence-electron chi connectivity index (χ3n) is 5.68. The van der Waals surface area contributed by atoms with Gasteiger partial charge in [-0.1, -0.05) is 47.8 Å². The largest absolute Gasteiger partial charge is 0.495 e. The average molecular weight is 593 g/mol. The molecular weight excluding hydrogens is 561 g/mol. The lowest BCUT2D eigenvalue weighted by Gasteiger charge is -2.30. The lowest BCUT2D eigenvalue weighted by atomic mass is 10.1. The fraction of sp³-hybridized carbons (Fsp3) is 0.440. The number of carbonyl (C=O) groups excluding carboxylic acids is 2. The van der Waals surface area contributed by atoms with Gasteiger partial charge in [0.2, 0.25) is 21.8 Å². The van der Waals surface area contributed by atoms with Crippen LogP contribution in [0.2, 0.25) is 15.1 Å². The van der Waals surface area contributed by atoms with Gasteiger partial charge in [0, 0.05) is 41.7 Å². The van der Waals surface area contributed by atoms with Crippen LogP contribution in [0.15, 0.2) is 36.4 Å². The molecule has 0 aliphatic heterocycles. The minimum atomic E-state index is -3.66. The van der Waals surface area contributed by atoms with Crippen LogP contribution in [0, 0.1) is 0 Å². The van der Waals surface area contributed by atoms with E-state index in [1.54, 1.807) is 37.3 Å². The van der Waals surface area contributed by atoms with Gasteiger partial charge in [-0.05, 0) is 50.1 Å². The first-order chi connectivity index (χ1) is 17.4. The molecule has 0 unspecified atom stereocenters. The van der Waals surface area contributed by atoms with Crippen molar-refractivity contribution in [3.63, 3.8) is 0 Å². The summed E-state index contributed by atoms with van der Waals surface area (Å²) in [6.07, 6.45) is 2.02. The molecule has 0 fully saturated rings. The van der Waals surface area contributed by atoms with Crippen LogP contribution in [0.25, 0.3) is 0 Å². The van der Waals surface area contributed by atoms with E-state index in [1.165, 1.54) is 22.4 Å². The Morgan fingerprint density at radius 1 is 1.08 bits per heavy atom. The molecule has 0 saturated heterocycles. The maximum Gasteiger partial charge on any atom is 0.242 e. The topological polar surface area (TPSA) is 96.0 Å². The van der Waals surface area contributed by atoms with E-state index >= 15 is 0 Å². The summed E-state index contributed by atoms with van der Waals surface area (Å²) in [4.78, 5) is 27.5. The molecule has 0 radical (unpaired) electrons. The Balaban J connectivity index is 2.23. The number of benzene rings is 2. The molecule has 0 aliphatic rings. The van der Waals surface area contributed by atoms with E-state index in [4.69, 9.17) is 39.5 Å². The molecule has 12 heteroatoms. The summed E-state index contributed by atoms with van der Waals surface area (Å²) >= 11 is 18.8. The Kier molecular flexibility index (Phi) is 11.8. The number of hydrogen-bond donors (Lipinski definition) is 1. The predicted octanol–water partition coefficient (Wildman–Crippen LogP) is 5.15. The number of carbonyl (C=O) groups is 2. The highest BCUT2D eigenvalue weighted by Gasteiger charge is 2.28. The number of hydrogen-bond acceptors (Lipinski definition) is 5. The van der Waals surface area contributed by atoms with Crippen molar-refractivity contribution in [2.75, 3.05) is 30.8 Å².